The van der Waals surface area contributed by atoms with Gasteiger partial charge in [0.2, 0.25) is 0 Å². The number of ether oxygens (including phenoxy) is 4. The summed E-state index contributed by atoms with van der Waals surface area (Å²) in [5.41, 5.74) is 0.304. The van der Waals surface area contributed by atoms with E-state index in [1.807, 2.05) is 48.6 Å². The maximum atomic E-state index is 12.6. The monoisotopic (exact) mass is 466 g/mol. The lowest BCUT2D eigenvalue weighted by atomic mass is 9.96. The number of fused-ring (bicyclic) bond motifs is 2. The molecule has 1 aliphatic heterocycles. The summed E-state index contributed by atoms with van der Waals surface area (Å²) in [6, 6.07) is 7.29. The van der Waals surface area contributed by atoms with Crippen LogP contribution in [0.4, 0.5) is 9.59 Å². The van der Waals surface area contributed by atoms with Gasteiger partial charge in [-0.1, -0.05) is 36.4 Å². The summed E-state index contributed by atoms with van der Waals surface area (Å²) in [4.78, 5) is 28.5. The van der Waals surface area contributed by atoms with Gasteiger partial charge in [-0.15, -0.1) is 0 Å². The Bertz CT molecular complexity index is 1210. The second kappa shape index (κ2) is 8.59. The van der Waals surface area contributed by atoms with Gasteiger partial charge in [0.25, 0.3) is 0 Å². The van der Waals surface area contributed by atoms with E-state index in [1.54, 1.807) is 41.5 Å². The van der Waals surface area contributed by atoms with Gasteiger partial charge in [-0.2, -0.15) is 0 Å². The number of nitrogens with one attached hydrogen (secondary N) is 2. The van der Waals surface area contributed by atoms with E-state index in [0.29, 0.717) is 22.5 Å². The first kappa shape index (κ1) is 23.5. The lowest BCUT2D eigenvalue weighted by Crippen LogP contribution is -2.28. The van der Waals surface area contributed by atoms with Crippen LogP contribution < -0.4 is 10.1 Å². The Labute approximate surface area is 198 Å². The van der Waals surface area contributed by atoms with E-state index in [9.17, 15) is 9.59 Å². The van der Waals surface area contributed by atoms with Gasteiger partial charge in [0.15, 0.2) is 5.75 Å². The average Bonchev–Trinajstić information content (AvgIpc) is 3.24. The number of aromatic amines is 1. The number of hydrogen-bond donors (Lipinski definition) is 2. The first-order valence-corrected chi connectivity index (χ1v) is 11.2. The van der Waals surface area contributed by atoms with Crippen LogP contribution in [0.25, 0.3) is 16.6 Å². The molecule has 2 heterocycles. The van der Waals surface area contributed by atoms with Crippen LogP contribution in [0.1, 0.15) is 47.2 Å². The molecule has 0 fully saturated rings. The largest absolute Gasteiger partial charge is 0.514 e. The Morgan fingerprint density at radius 1 is 0.853 bits per heavy atom. The zero-order valence-electron chi connectivity index (χ0n) is 20.2. The van der Waals surface area contributed by atoms with Crippen molar-refractivity contribution in [2.45, 2.75) is 58.8 Å². The topological polar surface area (TPSA) is 98.9 Å². The van der Waals surface area contributed by atoms with Crippen molar-refractivity contribution in [3.63, 3.8) is 0 Å². The van der Waals surface area contributed by atoms with Crippen molar-refractivity contribution in [1.29, 1.82) is 0 Å². The molecular formula is C26H30N2O6. The summed E-state index contributed by atoms with van der Waals surface area (Å²) >= 11 is 0. The minimum absolute atomic E-state index is 0.141. The van der Waals surface area contributed by atoms with Gasteiger partial charge in [0.1, 0.15) is 28.4 Å². The Balaban J connectivity index is 1.79. The number of hydrogen-bond acceptors (Lipinski definition) is 7. The highest BCUT2D eigenvalue weighted by Crippen LogP contribution is 2.42. The van der Waals surface area contributed by atoms with E-state index in [2.05, 4.69) is 10.3 Å². The van der Waals surface area contributed by atoms with Gasteiger partial charge in [0.05, 0.1) is 12.0 Å². The van der Waals surface area contributed by atoms with Crippen molar-refractivity contribution in [2.75, 3.05) is 0 Å². The molecule has 2 N–H and O–H groups in total. The molecule has 34 heavy (non-hydrogen) atoms. The summed E-state index contributed by atoms with van der Waals surface area (Å²) < 4.78 is 22.2. The summed E-state index contributed by atoms with van der Waals surface area (Å²) in [5.74, 6) is 0.415. The highest BCUT2D eigenvalue weighted by molar-refractivity contribution is 5.95. The zero-order valence-corrected chi connectivity index (χ0v) is 20.2. The number of carbonyl (C=O) groups excluding carboxylic acids is 2. The lowest BCUT2D eigenvalue weighted by molar-refractivity contribution is 0.00415. The normalized spacial score (nSPS) is 19.6. The molecule has 0 saturated heterocycles. The summed E-state index contributed by atoms with van der Waals surface area (Å²) in [7, 11) is 0. The molecule has 1 aromatic heterocycles. The maximum Gasteiger partial charge on any atom is 0.514 e. The van der Waals surface area contributed by atoms with Crippen LogP contribution in [0.15, 0.2) is 54.3 Å². The van der Waals surface area contributed by atoms with Crippen LogP contribution in [0.2, 0.25) is 0 Å². The first-order chi connectivity index (χ1) is 15.9. The van der Waals surface area contributed by atoms with Crippen molar-refractivity contribution >= 4 is 28.9 Å². The van der Waals surface area contributed by atoms with Crippen molar-refractivity contribution in [1.82, 2.24) is 10.3 Å². The molecule has 8 heteroatoms. The number of allylic oxidation sites excluding steroid dienone is 2. The fourth-order valence-corrected chi connectivity index (χ4v) is 3.83. The minimum atomic E-state index is -0.830. The standard InChI is InChI=1S/C26H30N2O6/c1-25(2,3)33-23(29)31-21-15-11-7-9-13-17(15)27-19(21)20-22(32-24(30)34-26(4,5)6)16-12-8-10-14-18(16)28-20/h7-15,17,27-28H,1-6H3. The van der Waals surface area contributed by atoms with Crippen molar-refractivity contribution in [2.24, 2.45) is 5.92 Å². The van der Waals surface area contributed by atoms with Crippen LogP contribution in [-0.2, 0) is 14.2 Å². The van der Waals surface area contributed by atoms with E-state index >= 15 is 0 Å². The van der Waals surface area contributed by atoms with Crippen LogP contribution >= 0.6 is 0 Å². The molecule has 1 aromatic carbocycles. The smallest absolute Gasteiger partial charge is 0.428 e. The van der Waals surface area contributed by atoms with Crippen molar-refractivity contribution < 1.29 is 28.5 Å². The molecule has 2 aliphatic rings. The van der Waals surface area contributed by atoms with E-state index in [1.165, 1.54) is 0 Å². The van der Waals surface area contributed by atoms with E-state index < -0.39 is 23.5 Å². The van der Waals surface area contributed by atoms with Crippen LogP contribution in [0.5, 0.6) is 5.75 Å². The predicted molar refractivity (Wildman–Crippen MR) is 128 cm³/mol. The van der Waals surface area contributed by atoms with Crippen LogP contribution in [0.3, 0.4) is 0 Å². The Morgan fingerprint density at radius 2 is 1.47 bits per heavy atom. The summed E-state index contributed by atoms with van der Waals surface area (Å²) in [6.45, 7) is 10.6. The van der Waals surface area contributed by atoms with Gasteiger partial charge in [-0.05, 0) is 53.7 Å². The molecule has 2 unspecified atom stereocenters. The summed E-state index contributed by atoms with van der Waals surface area (Å²) in [6.07, 6.45) is 6.10. The number of rotatable bonds is 3. The highest BCUT2D eigenvalue weighted by Gasteiger charge is 2.39. The molecule has 4 rings (SSSR count). The van der Waals surface area contributed by atoms with E-state index in [0.717, 1.165) is 5.52 Å². The Morgan fingerprint density at radius 3 is 2.15 bits per heavy atom. The van der Waals surface area contributed by atoms with Gasteiger partial charge in [0, 0.05) is 10.9 Å². The number of para-hydroxylation sites is 1. The third kappa shape index (κ3) is 5.11. The maximum absolute atomic E-state index is 12.6. The number of aromatic nitrogens is 1. The minimum Gasteiger partial charge on any atom is -0.428 e. The van der Waals surface area contributed by atoms with Gasteiger partial charge in [-0.25, -0.2) is 9.59 Å². The molecule has 180 valence electrons. The second-order valence-corrected chi connectivity index (χ2v) is 10.2. The molecule has 8 nitrogen and oxygen atoms in total. The number of benzene rings is 1. The van der Waals surface area contributed by atoms with Crippen LogP contribution in [0, 0.1) is 5.92 Å². The third-order valence-electron chi connectivity index (χ3n) is 5.06. The average molecular weight is 467 g/mol. The van der Waals surface area contributed by atoms with E-state index in [4.69, 9.17) is 18.9 Å². The van der Waals surface area contributed by atoms with E-state index in [-0.39, 0.29) is 17.7 Å². The fraction of sp³-hybridized carbons (Fsp3) is 0.385. The molecular weight excluding hydrogens is 436 g/mol. The molecule has 0 spiro atoms. The molecule has 2 aromatic rings. The molecule has 2 atom stereocenters. The highest BCUT2D eigenvalue weighted by atomic mass is 16.7. The molecule has 0 amide bonds. The third-order valence-corrected chi connectivity index (χ3v) is 5.06. The molecule has 0 bridgehead atoms. The zero-order chi connectivity index (χ0) is 24.7. The Hall–Kier alpha value is -3.68. The molecule has 1 aliphatic carbocycles. The first-order valence-electron chi connectivity index (χ1n) is 11.2. The van der Waals surface area contributed by atoms with Gasteiger partial charge < -0.3 is 29.2 Å². The van der Waals surface area contributed by atoms with Gasteiger partial charge >= 0.3 is 12.3 Å². The SMILES string of the molecule is CC(C)(C)OC(=O)OC1=C(c2[nH]c3ccccc3c2OC(=O)OC(C)(C)C)NC2C=CC=CC12. The second-order valence-electron chi connectivity index (χ2n) is 10.2. The van der Waals surface area contributed by atoms with Crippen LogP contribution in [-0.4, -0.2) is 34.5 Å². The fourth-order valence-electron chi connectivity index (χ4n) is 3.83. The van der Waals surface area contributed by atoms with Crippen molar-refractivity contribution in [3.05, 3.63) is 60.0 Å². The number of carbonyl (C=O) groups is 2. The molecule has 0 radical (unpaired) electrons. The Kier molecular flexibility index (Phi) is 5.93. The molecule has 0 saturated carbocycles. The lowest BCUT2D eigenvalue weighted by Gasteiger charge is -2.21. The van der Waals surface area contributed by atoms with Gasteiger partial charge in [-0.3, -0.25) is 0 Å². The number of H-pyrrole nitrogens is 1. The summed E-state index contributed by atoms with van der Waals surface area (Å²) in [5, 5.41) is 4.09. The quantitative estimate of drug-likeness (QED) is 0.550. The predicted octanol–water partition coefficient (Wildman–Crippen LogP) is 5.82. The van der Waals surface area contributed by atoms with Crippen molar-refractivity contribution in [3.8, 4) is 5.75 Å².